The number of methoxy groups -OCH3 is 1. The number of ether oxygens (including phenoxy) is 1. The normalized spacial score (nSPS) is 14.4. The minimum absolute atomic E-state index is 0.0101. The molecule has 0 amide bonds. The second-order valence-electron chi connectivity index (χ2n) is 3.70. The number of alkyl halides is 1. The zero-order valence-corrected chi connectivity index (χ0v) is 9.09. The Morgan fingerprint density at radius 3 is 2.47 bits per heavy atom. The quantitative estimate of drug-likeness (QED) is 0.782. The zero-order valence-electron chi connectivity index (χ0n) is 9.09. The Bertz CT molecular complexity index is 298. The van der Waals surface area contributed by atoms with E-state index >= 15 is 0 Å². The number of rotatable bonds is 5. The molecular weight excluding hydrogens is 195 g/mol. The highest BCUT2D eigenvalue weighted by Gasteiger charge is 2.20. The van der Waals surface area contributed by atoms with Gasteiger partial charge in [-0.15, -0.1) is 0 Å². The third-order valence-electron chi connectivity index (χ3n) is 2.18. The molecule has 0 aliphatic rings. The summed E-state index contributed by atoms with van der Waals surface area (Å²) in [4.78, 5) is 0. The maximum Gasteiger partial charge on any atom is 0.137 e. The highest BCUT2D eigenvalue weighted by atomic mass is 19.1. The molecule has 0 aromatic heterocycles. The molecule has 0 heterocycles. The third-order valence-corrected chi connectivity index (χ3v) is 2.18. The average molecular weight is 212 g/mol. The lowest BCUT2D eigenvalue weighted by Gasteiger charge is -2.19. The molecule has 0 bridgehead atoms. The molecule has 0 spiro atoms. The summed E-state index contributed by atoms with van der Waals surface area (Å²) in [5, 5.41) is 2.98. The van der Waals surface area contributed by atoms with E-state index < -0.39 is 5.67 Å². The van der Waals surface area contributed by atoms with Crippen molar-refractivity contribution >= 4 is 5.69 Å². The molecule has 0 radical (unpaired) electrons. The summed E-state index contributed by atoms with van der Waals surface area (Å²) in [7, 11) is 1.61. The second-order valence-corrected chi connectivity index (χ2v) is 3.70. The van der Waals surface area contributed by atoms with Crippen LogP contribution in [0.2, 0.25) is 0 Å². The van der Waals surface area contributed by atoms with E-state index in [0.717, 1.165) is 11.4 Å². The number of hydrogen-bond donors (Lipinski definition) is 2. The lowest BCUT2D eigenvalue weighted by molar-refractivity contribution is 0.217. The molecule has 4 heteroatoms. The van der Waals surface area contributed by atoms with Gasteiger partial charge >= 0.3 is 0 Å². The monoisotopic (exact) mass is 212 g/mol. The lowest BCUT2D eigenvalue weighted by atomic mass is 10.1. The Hall–Kier alpha value is -1.29. The van der Waals surface area contributed by atoms with Crippen LogP contribution < -0.4 is 15.8 Å². The van der Waals surface area contributed by atoms with Gasteiger partial charge in [0.05, 0.1) is 7.11 Å². The number of halogens is 1. The Morgan fingerprint density at radius 1 is 1.40 bits per heavy atom. The fourth-order valence-corrected chi connectivity index (χ4v) is 1.07. The number of benzene rings is 1. The third kappa shape index (κ3) is 3.75. The molecular formula is C11H17FN2O. The van der Waals surface area contributed by atoms with Gasteiger partial charge in [-0.05, 0) is 31.2 Å². The highest BCUT2D eigenvalue weighted by molar-refractivity contribution is 5.46. The van der Waals surface area contributed by atoms with Crippen molar-refractivity contribution in [2.75, 3.05) is 25.5 Å². The molecule has 0 aliphatic carbocycles. The van der Waals surface area contributed by atoms with E-state index in [9.17, 15) is 4.39 Å². The number of nitrogens with two attached hydrogens (primary N) is 1. The smallest absolute Gasteiger partial charge is 0.137 e. The molecule has 3 N–H and O–H groups in total. The average Bonchev–Trinajstić information content (AvgIpc) is 2.27. The lowest BCUT2D eigenvalue weighted by Crippen LogP contribution is -2.36. The molecule has 1 aromatic rings. The molecule has 1 aromatic carbocycles. The SMILES string of the molecule is COc1ccc(NCC(C)(F)CN)cc1. The standard InChI is InChI=1S/C11H17FN2O/c1-11(12,7-13)8-14-9-3-5-10(15-2)6-4-9/h3-6,14H,7-8,13H2,1-2H3. The fraction of sp³-hybridized carbons (Fsp3) is 0.455. The fourth-order valence-electron chi connectivity index (χ4n) is 1.07. The topological polar surface area (TPSA) is 47.3 Å². The molecule has 15 heavy (non-hydrogen) atoms. The van der Waals surface area contributed by atoms with Gasteiger partial charge in [0, 0.05) is 18.8 Å². The van der Waals surface area contributed by atoms with Crippen molar-refractivity contribution in [1.29, 1.82) is 0 Å². The van der Waals surface area contributed by atoms with Crippen molar-refractivity contribution < 1.29 is 9.13 Å². The predicted molar refractivity (Wildman–Crippen MR) is 60.1 cm³/mol. The van der Waals surface area contributed by atoms with Crippen molar-refractivity contribution in [3.63, 3.8) is 0 Å². The van der Waals surface area contributed by atoms with Gasteiger partial charge in [0.15, 0.2) is 0 Å². The van der Waals surface area contributed by atoms with Crippen LogP contribution in [-0.2, 0) is 0 Å². The number of nitrogens with one attached hydrogen (secondary N) is 1. The van der Waals surface area contributed by atoms with Gasteiger partial charge in [0.2, 0.25) is 0 Å². The van der Waals surface area contributed by atoms with Crippen molar-refractivity contribution in [2.45, 2.75) is 12.6 Å². The molecule has 0 saturated carbocycles. The first kappa shape index (κ1) is 11.8. The van der Waals surface area contributed by atoms with Gasteiger partial charge in [-0.1, -0.05) is 0 Å². The van der Waals surface area contributed by atoms with Gasteiger partial charge in [-0.25, -0.2) is 4.39 Å². The Balaban J connectivity index is 2.51. The van der Waals surface area contributed by atoms with Gasteiger partial charge in [0.1, 0.15) is 11.4 Å². The highest BCUT2D eigenvalue weighted by Crippen LogP contribution is 2.16. The van der Waals surface area contributed by atoms with Crippen molar-refractivity contribution in [2.24, 2.45) is 5.73 Å². The predicted octanol–water partition coefficient (Wildman–Crippen LogP) is 1.79. The summed E-state index contributed by atoms with van der Waals surface area (Å²) in [6.45, 7) is 1.69. The first-order valence-electron chi connectivity index (χ1n) is 4.84. The van der Waals surface area contributed by atoms with Crippen LogP contribution in [0.5, 0.6) is 5.75 Å². The van der Waals surface area contributed by atoms with Gasteiger partial charge in [0.25, 0.3) is 0 Å². The van der Waals surface area contributed by atoms with Crippen LogP contribution in [0.15, 0.2) is 24.3 Å². The van der Waals surface area contributed by atoms with E-state index in [-0.39, 0.29) is 13.1 Å². The molecule has 84 valence electrons. The van der Waals surface area contributed by atoms with Crippen LogP contribution in [-0.4, -0.2) is 25.9 Å². The van der Waals surface area contributed by atoms with Crippen molar-refractivity contribution in [3.05, 3.63) is 24.3 Å². The minimum atomic E-state index is -1.38. The van der Waals surface area contributed by atoms with Gasteiger partial charge in [-0.3, -0.25) is 0 Å². The summed E-state index contributed by atoms with van der Waals surface area (Å²) in [6.07, 6.45) is 0. The Kier molecular flexibility index (Phi) is 3.91. The summed E-state index contributed by atoms with van der Waals surface area (Å²) < 4.78 is 18.5. The van der Waals surface area contributed by atoms with Crippen LogP contribution >= 0.6 is 0 Å². The number of hydrogen-bond acceptors (Lipinski definition) is 3. The van der Waals surface area contributed by atoms with Crippen molar-refractivity contribution in [1.82, 2.24) is 0 Å². The maximum absolute atomic E-state index is 13.4. The second kappa shape index (κ2) is 4.98. The molecule has 1 atom stereocenters. The van der Waals surface area contributed by atoms with Crippen LogP contribution in [0, 0.1) is 0 Å². The molecule has 1 rings (SSSR count). The van der Waals surface area contributed by atoms with Gasteiger partial charge in [-0.2, -0.15) is 0 Å². The minimum Gasteiger partial charge on any atom is -0.497 e. The summed E-state index contributed by atoms with van der Waals surface area (Å²) in [5.41, 5.74) is 4.76. The number of anilines is 1. The largest absolute Gasteiger partial charge is 0.497 e. The Labute approximate surface area is 89.4 Å². The van der Waals surface area contributed by atoms with E-state index in [1.165, 1.54) is 6.92 Å². The van der Waals surface area contributed by atoms with Crippen LogP contribution in [0.25, 0.3) is 0 Å². The van der Waals surface area contributed by atoms with Crippen LogP contribution in [0.3, 0.4) is 0 Å². The first-order valence-corrected chi connectivity index (χ1v) is 4.84. The van der Waals surface area contributed by atoms with Crippen LogP contribution in [0.1, 0.15) is 6.92 Å². The van der Waals surface area contributed by atoms with Crippen molar-refractivity contribution in [3.8, 4) is 5.75 Å². The molecule has 0 fully saturated rings. The van der Waals surface area contributed by atoms with E-state index in [2.05, 4.69) is 5.32 Å². The summed E-state index contributed by atoms with van der Waals surface area (Å²) in [6, 6.07) is 7.32. The van der Waals surface area contributed by atoms with E-state index in [0.29, 0.717) is 0 Å². The van der Waals surface area contributed by atoms with Gasteiger partial charge < -0.3 is 15.8 Å². The first-order chi connectivity index (χ1) is 7.07. The Morgan fingerprint density at radius 2 is 2.00 bits per heavy atom. The zero-order chi connectivity index (χ0) is 11.3. The molecule has 3 nitrogen and oxygen atoms in total. The van der Waals surface area contributed by atoms with E-state index in [4.69, 9.17) is 10.5 Å². The van der Waals surface area contributed by atoms with Crippen LogP contribution in [0.4, 0.5) is 10.1 Å². The molecule has 0 saturated heterocycles. The summed E-state index contributed by atoms with van der Waals surface area (Å²) in [5.74, 6) is 0.780. The maximum atomic E-state index is 13.4. The summed E-state index contributed by atoms with van der Waals surface area (Å²) >= 11 is 0. The molecule has 1 unspecified atom stereocenters. The van der Waals surface area contributed by atoms with E-state index in [1.54, 1.807) is 7.11 Å². The molecule has 0 aliphatic heterocycles. The van der Waals surface area contributed by atoms with E-state index in [1.807, 2.05) is 24.3 Å².